The van der Waals surface area contributed by atoms with E-state index in [2.05, 4.69) is 5.32 Å². The molecular formula is C15H13ClF3N. The second-order valence-electron chi connectivity index (χ2n) is 4.27. The first-order chi connectivity index (χ1) is 9.56. The summed E-state index contributed by atoms with van der Waals surface area (Å²) in [5, 5.41) is 3.10. The molecule has 0 heterocycles. The lowest BCUT2D eigenvalue weighted by molar-refractivity contribution is 0.477. The fourth-order valence-corrected chi connectivity index (χ4v) is 2.37. The Morgan fingerprint density at radius 1 is 1.05 bits per heavy atom. The first-order valence-corrected chi connectivity index (χ1v) is 6.55. The monoisotopic (exact) mass is 299 g/mol. The fourth-order valence-electron chi connectivity index (χ4n) is 2.10. The average molecular weight is 300 g/mol. The maximum atomic E-state index is 14.0. The highest BCUT2D eigenvalue weighted by molar-refractivity contribution is 6.31. The van der Waals surface area contributed by atoms with Gasteiger partial charge in [-0.15, -0.1) is 0 Å². The van der Waals surface area contributed by atoms with E-state index in [0.717, 1.165) is 6.07 Å². The zero-order valence-corrected chi connectivity index (χ0v) is 11.5. The van der Waals surface area contributed by atoms with Crippen LogP contribution < -0.4 is 5.32 Å². The highest BCUT2D eigenvalue weighted by Gasteiger charge is 2.24. The lowest BCUT2D eigenvalue weighted by atomic mass is 9.97. The molecule has 2 aromatic carbocycles. The van der Waals surface area contributed by atoms with Crippen LogP contribution in [0.15, 0.2) is 36.4 Å². The molecule has 0 aliphatic carbocycles. The van der Waals surface area contributed by atoms with Crippen molar-refractivity contribution in [3.05, 3.63) is 70.0 Å². The minimum Gasteiger partial charge on any atom is -0.306 e. The SMILES string of the molecule is CCNC(c1cccc(F)c1F)c1c(F)cccc1Cl. The van der Waals surface area contributed by atoms with E-state index >= 15 is 0 Å². The predicted molar refractivity (Wildman–Crippen MR) is 73.3 cm³/mol. The van der Waals surface area contributed by atoms with Crippen molar-refractivity contribution in [1.82, 2.24) is 5.32 Å². The molecule has 0 radical (unpaired) electrons. The molecule has 1 nitrogen and oxygen atoms in total. The quantitative estimate of drug-likeness (QED) is 0.879. The van der Waals surface area contributed by atoms with Crippen molar-refractivity contribution in [3.63, 3.8) is 0 Å². The van der Waals surface area contributed by atoms with Crippen LogP contribution in [0.2, 0.25) is 5.02 Å². The third-order valence-electron chi connectivity index (χ3n) is 2.99. The van der Waals surface area contributed by atoms with Gasteiger partial charge in [0, 0.05) is 16.1 Å². The number of halogens is 4. The van der Waals surface area contributed by atoms with Gasteiger partial charge in [-0.1, -0.05) is 36.7 Å². The van der Waals surface area contributed by atoms with Crippen molar-refractivity contribution in [2.24, 2.45) is 0 Å². The Kier molecular flexibility index (Phi) is 4.68. The molecule has 0 aromatic heterocycles. The van der Waals surface area contributed by atoms with Crippen molar-refractivity contribution in [2.45, 2.75) is 13.0 Å². The second-order valence-corrected chi connectivity index (χ2v) is 4.68. The lowest BCUT2D eigenvalue weighted by Gasteiger charge is -2.21. The smallest absolute Gasteiger partial charge is 0.163 e. The van der Waals surface area contributed by atoms with Gasteiger partial charge in [0.15, 0.2) is 11.6 Å². The Morgan fingerprint density at radius 3 is 2.35 bits per heavy atom. The third kappa shape index (κ3) is 2.81. The van der Waals surface area contributed by atoms with E-state index in [4.69, 9.17) is 11.6 Å². The standard InChI is InChI=1S/C15H13ClF3N/c1-2-20-15(9-5-3-8-12(18)14(9)19)13-10(16)6-4-7-11(13)17/h3-8,15,20H,2H2,1H3. The molecule has 1 unspecified atom stereocenters. The summed E-state index contributed by atoms with van der Waals surface area (Å²) in [6.45, 7) is 2.24. The summed E-state index contributed by atoms with van der Waals surface area (Å²) in [7, 11) is 0. The Labute approximate surface area is 120 Å². The Morgan fingerprint density at radius 2 is 1.70 bits per heavy atom. The van der Waals surface area contributed by atoms with Gasteiger partial charge in [-0.25, -0.2) is 13.2 Å². The van der Waals surface area contributed by atoms with Crippen LogP contribution in [-0.2, 0) is 0 Å². The second kappa shape index (κ2) is 6.29. The van der Waals surface area contributed by atoms with Crippen LogP contribution in [-0.4, -0.2) is 6.54 Å². The summed E-state index contributed by atoms with van der Waals surface area (Å²) in [5.74, 6) is -2.54. The van der Waals surface area contributed by atoms with Crippen LogP contribution in [0.4, 0.5) is 13.2 Å². The van der Waals surface area contributed by atoms with Crippen molar-refractivity contribution in [2.75, 3.05) is 6.54 Å². The minimum absolute atomic E-state index is 0.0267. The minimum atomic E-state index is -1.00. The number of hydrogen-bond donors (Lipinski definition) is 1. The maximum Gasteiger partial charge on any atom is 0.163 e. The molecule has 2 aromatic rings. The van der Waals surface area contributed by atoms with Gasteiger partial charge < -0.3 is 5.32 Å². The van der Waals surface area contributed by atoms with Gasteiger partial charge in [0.2, 0.25) is 0 Å². The topological polar surface area (TPSA) is 12.0 Å². The molecule has 1 atom stereocenters. The van der Waals surface area contributed by atoms with Gasteiger partial charge in [0.25, 0.3) is 0 Å². The van der Waals surface area contributed by atoms with E-state index in [1.54, 1.807) is 6.92 Å². The Hall–Kier alpha value is -1.52. The normalized spacial score (nSPS) is 12.4. The molecule has 0 spiro atoms. The van der Waals surface area contributed by atoms with E-state index in [-0.39, 0.29) is 16.1 Å². The summed E-state index contributed by atoms with van der Waals surface area (Å²) >= 11 is 6.01. The highest BCUT2D eigenvalue weighted by atomic mass is 35.5. The van der Waals surface area contributed by atoms with Gasteiger partial charge in [-0.2, -0.15) is 0 Å². The molecule has 5 heteroatoms. The third-order valence-corrected chi connectivity index (χ3v) is 3.32. The van der Waals surface area contributed by atoms with Crippen LogP contribution >= 0.6 is 11.6 Å². The molecule has 106 valence electrons. The molecule has 0 saturated heterocycles. The molecule has 0 saturated carbocycles. The van der Waals surface area contributed by atoms with Gasteiger partial charge in [-0.05, 0) is 24.7 Å². The molecule has 2 rings (SSSR count). The molecule has 0 aliphatic heterocycles. The van der Waals surface area contributed by atoms with E-state index in [9.17, 15) is 13.2 Å². The zero-order chi connectivity index (χ0) is 14.7. The number of benzene rings is 2. The summed E-state index contributed by atoms with van der Waals surface area (Å²) in [5.41, 5.74) is 0.138. The Balaban J connectivity index is 2.60. The number of hydrogen-bond acceptors (Lipinski definition) is 1. The molecular weight excluding hydrogens is 287 g/mol. The molecule has 20 heavy (non-hydrogen) atoms. The van der Waals surface area contributed by atoms with Crippen LogP contribution in [0.25, 0.3) is 0 Å². The van der Waals surface area contributed by atoms with Crippen LogP contribution in [0.1, 0.15) is 24.1 Å². The molecule has 0 fully saturated rings. The van der Waals surface area contributed by atoms with Crippen molar-refractivity contribution in [1.29, 1.82) is 0 Å². The molecule has 0 bridgehead atoms. The lowest BCUT2D eigenvalue weighted by Crippen LogP contribution is -2.24. The molecule has 0 aliphatic rings. The van der Waals surface area contributed by atoms with Gasteiger partial charge >= 0.3 is 0 Å². The summed E-state index contributed by atoms with van der Waals surface area (Å²) in [4.78, 5) is 0. The van der Waals surface area contributed by atoms with Crippen LogP contribution in [0, 0.1) is 17.5 Å². The van der Waals surface area contributed by atoms with E-state index in [1.165, 1.54) is 30.3 Å². The zero-order valence-electron chi connectivity index (χ0n) is 10.8. The molecule has 0 amide bonds. The van der Waals surface area contributed by atoms with Gasteiger partial charge in [-0.3, -0.25) is 0 Å². The van der Waals surface area contributed by atoms with Crippen molar-refractivity contribution < 1.29 is 13.2 Å². The largest absolute Gasteiger partial charge is 0.306 e. The van der Waals surface area contributed by atoms with Gasteiger partial charge in [0.1, 0.15) is 5.82 Å². The highest BCUT2D eigenvalue weighted by Crippen LogP contribution is 2.32. The van der Waals surface area contributed by atoms with Crippen molar-refractivity contribution in [3.8, 4) is 0 Å². The Bertz CT molecular complexity index is 596. The van der Waals surface area contributed by atoms with Gasteiger partial charge in [0.05, 0.1) is 6.04 Å². The van der Waals surface area contributed by atoms with Crippen LogP contribution in [0.5, 0.6) is 0 Å². The van der Waals surface area contributed by atoms with Crippen LogP contribution in [0.3, 0.4) is 0 Å². The average Bonchev–Trinajstić information content (AvgIpc) is 2.41. The van der Waals surface area contributed by atoms with Crippen molar-refractivity contribution >= 4 is 11.6 Å². The summed E-state index contributed by atoms with van der Waals surface area (Å²) in [6, 6.07) is 7.19. The number of nitrogens with one attached hydrogen (secondary N) is 1. The predicted octanol–water partition coefficient (Wildman–Crippen LogP) is 4.46. The number of rotatable bonds is 4. The first-order valence-electron chi connectivity index (χ1n) is 6.17. The van der Waals surface area contributed by atoms with E-state index < -0.39 is 23.5 Å². The first kappa shape index (κ1) is 14.9. The van der Waals surface area contributed by atoms with E-state index in [1.807, 2.05) is 0 Å². The molecule has 1 N–H and O–H groups in total. The van der Waals surface area contributed by atoms with E-state index in [0.29, 0.717) is 6.54 Å². The summed E-state index contributed by atoms with van der Waals surface area (Å²) < 4.78 is 41.3. The maximum absolute atomic E-state index is 14.0. The fraction of sp³-hybridized carbons (Fsp3) is 0.200. The summed E-state index contributed by atoms with van der Waals surface area (Å²) in [6.07, 6.45) is 0.